The fourth-order valence-electron chi connectivity index (χ4n) is 2.48. The highest BCUT2D eigenvalue weighted by Gasteiger charge is 2.24. The normalized spacial score (nSPS) is 22.7. The summed E-state index contributed by atoms with van der Waals surface area (Å²) in [6.45, 7) is 11.2. The highest BCUT2D eigenvalue weighted by atomic mass is 16.5. The molecular weight excluding hydrogens is 230 g/mol. The summed E-state index contributed by atoms with van der Waals surface area (Å²) in [5, 5.41) is 0. The average molecular weight is 253 g/mol. The van der Waals surface area contributed by atoms with Gasteiger partial charge in [0.15, 0.2) is 0 Å². The number of nitrogens with zero attached hydrogens (tertiary/aromatic N) is 3. The second-order valence-electron chi connectivity index (χ2n) is 4.81. The van der Waals surface area contributed by atoms with Crippen LogP contribution in [-0.4, -0.2) is 79.8 Å². The number of carbonyl (C=O) groups is 1. The van der Waals surface area contributed by atoms with E-state index in [2.05, 4.69) is 11.5 Å². The summed E-state index contributed by atoms with van der Waals surface area (Å²) >= 11 is 0. The van der Waals surface area contributed by atoms with E-state index < -0.39 is 0 Å². The summed E-state index contributed by atoms with van der Waals surface area (Å²) in [6, 6.07) is 0.179. The summed E-state index contributed by atoms with van der Waals surface area (Å²) in [5.74, 6) is 0. The van der Waals surface area contributed by atoms with Crippen molar-refractivity contribution >= 4 is 6.03 Å². The standard InChI is InChI=1S/C13H23N3O2/c1-2-4-14-5-3-6-15(8-7-14)13(17)16-9-11-18-12-10-16/h2H,1,3-12H2. The van der Waals surface area contributed by atoms with Crippen molar-refractivity contribution in [3.8, 4) is 0 Å². The molecule has 0 bridgehead atoms. The lowest BCUT2D eigenvalue weighted by molar-refractivity contribution is 0.0436. The van der Waals surface area contributed by atoms with Crippen molar-refractivity contribution in [1.29, 1.82) is 0 Å². The van der Waals surface area contributed by atoms with Gasteiger partial charge in [-0.2, -0.15) is 0 Å². The molecule has 18 heavy (non-hydrogen) atoms. The van der Waals surface area contributed by atoms with Crippen LogP contribution in [0.5, 0.6) is 0 Å². The number of rotatable bonds is 2. The molecule has 0 aromatic rings. The first-order valence-electron chi connectivity index (χ1n) is 6.76. The lowest BCUT2D eigenvalue weighted by Crippen LogP contribution is -2.49. The van der Waals surface area contributed by atoms with Crippen molar-refractivity contribution < 1.29 is 9.53 Å². The molecule has 0 unspecified atom stereocenters. The van der Waals surface area contributed by atoms with Crippen molar-refractivity contribution in [3.63, 3.8) is 0 Å². The van der Waals surface area contributed by atoms with Crippen LogP contribution >= 0.6 is 0 Å². The molecule has 2 aliphatic heterocycles. The van der Waals surface area contributed by atoms with E-state index in [1.54, 1.807) is 0 Å². The average Bonchev–Trinajstić information content (AvgIpc) is 2.65. The fourth-order valence-corrected chi connectivity index (χ4v) is 2.48. The minimum atomic E-state index is 0.179. The SMILES string of the molecule is C=CCN1CCCN(C(=O)N2CCOCC2)CC1. The number of ether oxygens (including phenoxy) is 1. The van der Waals surface area contributed by atoms with Crippen LogP contribution in [-0.2, 0) is 4.74 Å². The summed E-state index contributed by atoms with van der Waals surface area (Å²) in [5.41, 5.74) is 0. The lowest BCUT2D eigenvalue weighted by Gasteiger charge is -2.32. The predicted molar refractivity (Wildman–Crippen MR) is 70.6 cm³/mol. The molecule has 0 atom stereocenters. The second kappa shape index (κ2) is 6.75. The zero-order chi connectivity index (χ0) is 12.8. The molecule has 2 aliphatic rings. The third-order valence-corrected chi connectivity index (χ3v) is 3.53. The van der Waals surface area contributed by atoms with Crippen LogP contribution in [0.4, 0.5) is 4.79 Å². The molecule has 0 N–H and O–H groups in total. The quantitative estimate of drug-likeness (QED) is 0.677. The molecule has 2 saturated heterocycles. The maximum atomic E-state index is 12.3. The van der Waals surface area contributed by atoms with E-state index in [-0.39, 0.29) is 6.03 Å². The van der Waals surface area contributed by atoms with Gasteiger partial charge >= 0.3 is 6.03 Å². The van der Waals surface area contributed by atoms with Gasteiger partial charge in [0.05, 0.1) is 13.2 Å². The van der Waals surface area contributed by atoms with Crippen LogP contribution in [0.1, 0.15) is 6.42 Å². The molecule has 0 radical (unpaired) electrons. The molecule has 2 amide bonds. The van der Waals surface area contributed by atoms with Crippen molar-refractivity contribution in [3.05, 3.63) is 12.7 Å². The van der Waals surface area contributed by atoms with E-state index in [1.165, 1.54) is 0 Å². The summed E-state index contributed by atoms with van der Waals surface area (Å²) in [7, 11) is 0. The maximum Gasteiger partial charge on any atom is 0.320 e. The maximum absolute atomic E-state index is 12.3. The third-order valence-electron chi connectivity index (χ3n) is 3.53. The molecule has 2 heterocycles. The molecule has 0 aromatic heterocycles. The Morgan fingerprint density at radius 2 is 1.78 bits per heavy atom. The van der Waals surface area contributed by atoms with Gasteiger partial charge in [-0.05, 0) is 6.42 Å². The van der Waals surface area contributed by atoms with Gasteiger partial charge in [-0.15, -0.1) is 6.58 Å². The van der Waals surface area contributed by atoms with Gasteiger partial charge in [0, 0.05) is 45.8 Å². The molecule has 102 valence electrons. The fraction of sp³-hybridized carbons (Fsp3) is 0.769. The highest BCUT2D eigenvalue weighted by molar-refractivity contribution is 5.74. The molecule has 5 heteroatoms. The third kappa shape index (κ3) is 3.46. The Balaban J connectivity index is 1.84. The number of morpholine rings is 1. The summed E-state index contributed by atoms with van der Waals surface area (Å²) < 4.78 is 5.28. The number of urea groups is 1. The minimum Gasteiger partial charge on any atom is -0.378 e. The molecule has 0 spiro atoms. The van der Waals surface area contributed by atoms with E-state index in [1.807, 2.05) is 15.9 Å². The van der Waals surface area contributed by atoms with Crippen molar-refractivity contribution in [2.45, 2.75) is 6.42 Å². The van der Waals surface area contributed by atoms with E-state index in [0.29, 0.717) is 13.2 Å². The van der Waals surface area contributed by atoms with Gasteiger partial charge in [0.2, 0.25) is 0 Å². The Bertz CT molecular complexity index is 290. The molecule has 2 fully saturated rings. The van der Waals surface area contributed by atoms with Crippen LogP contribution in [0.3, 0.4) is 0 Å². The van der Waals surface area contributed by atoms with E-state index >= 15 is 0 Å². The van der Waals surface area contributed by atoms with Gasteiger partial charge in [0.1, 0.15) is 0 Å². The van der Waals surface area contributed by atoms with Gasteiger partial charge in [-0.3, -0.25) is 4.90 Å². The topological polar surface area (TPSA) is 36.0 Å². The van der Waals surface area contributed by atoms with Crippen molar-refractivity contribution in [2.24, 2.45) is 0 Å². The van der Waals surface area contributed by atoms with E-state index in [9.17, 15) is 4.79 Å². The summed E-state index contributed by atoms with van der Waals surface area (Å²) in [6.07, 6.45) is 2.98. The van der Waals surface area contributed by atoms with Gasteiger partial charge < -0.3 is 14.5 Å². The number of amides is 2. The predicted octanol–water partition coefficient (Wildman–Crippen LogP) is 0.632. The Morgan fingerprint density at radius 1 is 1.06 bits per heavy atom. The van der Waals surface area contributed by atoms with E-state index in [0.717, 1.165) is 52.2 Å². The first kappa shape index (κ1) is 13.4. The second-order valence-corrected chi connectivity index (χ2v) is 4.81. The largest absolute Gasteiger partial charge is 0.378 e. The molecule has 0 saturated carbocycles. The zero-order valence-electron chi connectivity index (χ0n) is 11.0. The smallest absolute Gasteiger partial charge is 0.320 e. The van der Waals surface area contributed by atoms with E-state index in [4.69, 9.17) is 4.74 Å². The number of hydrogen-bond donors (Lipinski definition) is 0. The Labute approximate surface area is 109 Å². The van der Waals surface area contributed by atoms with Crippen molar-refractivity contribution in [1.82, 2.24) is 14.7 Å². The lowest BCUT2D eigenvalue weighted by atomic mass is 10.3. The van der Waals surface area contributed by atoms with Crippen LogP contribution in [0.25, 0.3) is 0 Å². The summed E-state index contributed by atoms with van der Waals surface area (Å²) in [4.78, 5) is 18.6. The van der Waals surface area contributed by atoms with Crippen LogP contribution < -0.4 is 0 Å². The van der Waals surface area contributed by atoms with Crippen LogP contribution in [0, 0.1) is 0 Å². The number of hydrogen-bond acceptors (Lipinski definition) is 3. The molecule has 5 nitrogen and oxygen atoms in total. The minimum absolute atomic E-state index is 0.179. The molecular formula is C13H23N3O2. The van der Waals surface area contributed by atoms with Gasteiger partial charge in [-0.1, -0.05) is 6.08 Å². The Morgan fingerprint density at radius 3 is 2.50 bits per heavy atom. The Kier molecular flexibility index (Phi) is 5.01. The molecule has 0 aromatic carbocycles. The monoisotopic (exact) mass is 253 g/mol. The number of carbonyl (C=O) groups excluding carboxylic acids is 1. The Hall–Kier alpha value is -1.07. The van der Waals surface area contributed by atoms with Gasteiger partial charge in [-0.25, -0.2) is 4.79 Å². The molecule has 2 rings (SSSR count). The van der Waals surface area contributed by atoms with Crippen molar-refractivity contribution in [2.75, 3.05) is 59.0 Å². The first-order chi connectivity index (χ1) is 8.81. The van der Waals surface area contributed by atoms with Crippen LogP contribution in [0.15, 0.2) is 12.7 Å². The van der Waals surface area contributed by atoms with Gasteiger partial charge in [0.25, 0.3) is 0 Å². The van der Waals surface area contributed by atoms with Crippen LogP contribution in [0.2, 0.25) is 0 Å². The highest BCUT2D eigenvalue weighted by Crippen LogP contribution is 2.08. The molecule has 0 aliphatic carbocycles. The first-order valence-corrected chi connectivity index (χ1v) is 6.76. The zero-order valence-corrected chi connectivity index (χ0v) is 11.0.